The Labute approximate surface area is 228 Å². The number of aryl methyl sites for hydroxylation is 1. The van der Waals surface area contributed by atoms with Gasteiger partial charge in [0, 0.05) is 34.3 Å². The molecule has 1 saturated heterocycles. The quantitative estimate of drug-likeness (QED) is 0.257. The Kier molecular flexibility index (Phi) is 2.97. The zero-order valence-corrected chi connectivity index (χ0v) is 17.9. The van der Waals surface area contributed by atoms with E-state index in [9.17, 15) is 9.59 Å². The predicted octanol–water partition coefficient (Wildman–Crippen LogP) is 3.60. The van der Waals surface area contributed by atoms with Crippen LogP contribution in [0.25, 0.3) is 27.3 Å². The number of methoxy groups -OCH3 is 1. The first-order valence-corrected chi connectivity index (χ1v) is 10.0. The molecule has 1 aliphatic rings. The molecule has 180 valence electrons. The molecule has 0 spiro atoms. The Bertz CT molecular complexity index is 2120. The van der Waals surface area contributed by atoms with Gasteiger partial charge < -0.3 is 14.6 Å². The summed E-state index contributed by atoms with van der Waals surface area (Å²) >= 11 is 0. The highest BCUT2D eigenvalue weighted by Gasteiger charge is 2.30. The van der Waals surface area contributed by atoms with E-state index in [1.807, 2.05) is 0 Å². The van der Waals surface area contributed by atoms with Crippen molar-refractivity contribution in [3.63, 3.8) is 0 Å². The van der Waals surface area contributed by atoms with E-state index in [0.29, 0.717) is 4.68 Å². The highest BCUT2D eigenvalue weighted by molar-refractivity contribution is 6.45. The molecule has 0 atom stereocenters. The van der Waals surface area contributed by atoms with Gasteiger partial charge in [0.05, 0.1) is 40.4 Å². The Morgan fingerprint density at radius 1 is 1.25 bits per heavy atom. The maximum atomic E-state index is 14.0. The number of hydrogen-bond acceptors (Lipinski definition) is 6. The number of hydrogen-bond donors (Lipinski definition) is 1. The Morgan fingerprint density at radius 3 is 2.75 bits per heavy atom. The van der Waals surface area contributed by atoms with Crippen LogP contribution in [0, 0.1) is 13.4 Å². The van der Waals surface area contributed by atoms with Gasteiger partial charge in [-0.25, -0.2) is 19.5 Å². The minimum atomic E-state index is -3.85. The van der Waals surface area contributed by atoms with Crippen molar-refractivity contribution in [3.05, 3.63) is 83.0 Å². The van der Waals surface area contributed by atoms with Crippen LogP contribution in [0.2, 0.25) is 0 Å². The molecule has 36 heavy (non-hydrogen) atoms. The number of likely N-dealkylation sites (tertiary alicyclic amines) is 1. The minimum absolute atomic E-state index is 0.0723. The molecular weight excluding hydrogens is 458 g/mol. The van der Waals surface area contributed by atoms with Gasteiger partial charge in [-0.05, 0) is 25.2 Å². The van der Waals surface area contributed by atoms with Crippen LogP contribution >= 0.6 is 0 Å². The van der Waals surface area contributed by atoms with E-state index < -0.39 is 102 Å². The van der Waals surface area contributed by atoms with Gasteiger partial charge in [0.15, 0.2) is 11.5 Å². The van der Waals surface area contributed by atoms with Crippen LogP contribution in [0.1, 0.15) is 55.1 Å². The highest BCUT2D eigenvalue weighted by Crippen LogP contribution is 2.33. The average molecular weight is 497 g/mol. The molecule has 1 aliphatic heterocycles. The van der Waals surface area contributed by atoms with Gasteiger partial charge in [-0.2, -0.15) is 5.10 Å². The SMILES string of the molecule is [2H]c1nc(C([2H])([2H])[2H])nn1-c1ncc(OC([2H])([2H])[2H])c2c(C(=O)C(=O)N3C([2H])([2H])C([2H])([2H])C(=C([N+]#[C-])c4ccccc4)C([2H])([2H])C3([2H])[2H])c[nH]c12. The molecule has 4 aromatic rings. The molecule has 4 heterocycles. The number of rotatable bonds is 5. The molecule has 1 aromatic carbocycles. The first-order valence-electron chi connectivity index (χ1n) is 17.5. The van der Waals surface area contributed by atoms with Crippen LogP contribution in [-0.4, -0.2) is 61.4 Å². The molecule has 0 radical (unpaired) electrons. The molecule has 10 heteroatoms. The summed E-state index contributed by atoms with van der Waals surface area (Å²) in [4.78, 5) is 40.6. The summed E-state index contributed by atoms with van der Waals surface area (Å²) in [5.41, 5.74) is -3.29. The fraction of sp³-hybridized carbons (Fsp3) is 0.231. The molecule has 5 rings (SSSR count). The summed E-state index contributed by atoms with van der Waals surface area (Å²) in [5, 5.41) is 3.18. The second-order valence-corrected chi connectivity index (χ2v) is 7.09. The second kappa shape index (κ2) is 9.46. The van der Waals surface area contributed by atoms with Crippen molar-refractivity contribution >= 4 is 28.3 Å². The van der Waals surface area contributed by atoms with Gasteiger partial charge in [0.1, 0.15) is 19.2 Å². The summed E-state index contributed by atoms with van der Waals surface area (Å²) in [6.07, 6.45) is -6.53. The minimum Gasteiger partial charge on any atom is -0.494 e. The van der Waals surface area contributed by atoms with Crippen LogP contribution < -0.4 is 4.74 Å². The van der Waals surface area contributed by atoms with E-state index in [4.69, 9.17) is 31.9 Å². The van der Waals surface area contributed by atoms with E-state index in [1.165, 1.54) is 30.3 Å². The van der Waals surface area contributed by atoms with Gasteiger partial charge >= 0.3 is 0 Å². The second-order valence-electron chi connectivity index (χ2n) is 7.09. The van der Waals surface area contributed by atoms with Crippen molar-refractivity contribution < 1.29 is 34.9 Å². The van der Waals surface area contributed by atoms with Crippen molar-refractivity contribution in [2.24, 2.45) is 0 Å². The molecule has 0 aliphatic carbocycles. The van der Waals surface area contributed by atoms with Crippen LogP contribution in [-0.2, 0) is 4.79 Å². The zero-order valence-electron chi connectivity index (χ0n) is 32.9. The summed E-state index contributed by atoms with van der Waals surface area (Å²) in [6.45, 7) is -2.90. The van der Waals surface area contributed by atoms with Gasteiger partial charge in [0.2, 0.25) is 0 Å². The molecule has 0 saturated carbocycles. The number of pyridine rings is 1. The average Bonchev–Trinajstić information content (AvgIpc) is 3.63. The number of aromatic amines is 1. The molecule has 3 aromatic heterocycles. The number of amides is 1. The monoisotopic (exact) mass is 496 g/mol. The third-order valence-corrected chi connectivity index (χ3v) is 5.03. The summed E-state index contributed by atoms with van der Waals surface area (Å²) in [5.74, 6) is -5.84. The van der Waals surface area contributed by atoms with Gasteiger partial charge in [-0.1, -0.05) is 35.9 Å². The highest BCUT2D eigenvalue weighted by atomic mass is 16.5. The predicted molar refractivity (Wildman–Crippen MR) is 132 cm³/mol. The lowest BCUT2D eigenvalue weighted by molar-refractivity contribution is -0.126. The molecule has 1 N–H and O–H groups in total. The third-order valence-electron chi connectivity index (χ3n) is 5.03. The fourth-order valence-corrected chi connectivity index (χ4v) is 3.43. The van der Waals surface area contributed by atoms with E-state index in [0.717, 1.165) is 12.4 Å². The Hall–Kier alpha value is -4.78. The topological polar surface area (TPSA) is 110 Å². The number of fused-ring (bicyclic) bond motifs is 1. The lowest BCUT2D eigenvalue weighted by atomic mass is 9.97. The number of Topliss-reactive ketones (excluding diaryl/α,β-unsaturated/α-hetero) is 1. The van der Waals surface area contributed by atoms with Gasteiger partial charge in [-0.3, -0.25) is 9.59 Å². The summed E-state index contributed by atoms with van der Waals surface area (Å²) in [7, 11) is -3.20. The summed E-state index contributed by atoms with van der Waals surface area (Å²) < 4.78 is 128. The number of ketones is 1. The first kappa shape index (κ1) is 11.3. The molecule has 0 unspecified atom stereocenters. The Balaban J connectivity index is 1.71. The van der Waals surface area contributed by atoms with E-state index in [1.54, 1.807) is 0 Å². The zero-order chi connectivity index (χ0) is 38.3. The van der Waals surface area contributed by atoms with E-state index in [-0.39, 0.29) is 11.1 Å². The van der Waals surface area contributed by atoms with Crippen molar-refractivity contribution in [3.8, 4) is 11.6 Å². The Morgan fingerprint density at radius 2 is 2.06 bits per heavy atom. The van der Waals surface area contributed by atoms with Gasteiger partial charge in [-0.15, -0.1) is 0 Å². The van der Waals surface area contributed by atoms with Crippen molar-refractivity contribution in [2.75, 3.05) is 20.0 Å². The largest absolute Gasteiger partial charge is 0.494 e. The van der Waals surface area contributed by atoms with Crippen LogP contribution in [0.15, 0.2) is 54.6 Å². The number of aromatic nitrogens is 5. The maximum absolute atomic E-state index is 14.0. The summed E-state index contributed by atoms with van der Waals surface area (Å²) in [6, 6.07) is 6.99. The van der Waals surface area contributed by atoms with Crippen LogP contribution in [0.4, 0.5) is 0 Å². The number of nitrogens with one attached hydrogen (secondary N) is 1. The lowest BCUT2D eigenvalue weighted by Crippen LogP contribution is -2.40. The number of benzene rings is 1. The number of carbonyl (C=O) groups excluding carboxylic acids is 2. The normalized spacial score (nSPS) is 25.9. The van der Waals surface area contributed by atoms with Crippen molar-refractivity contribution in [2.45, 2.75) is 19.6 Å². The number of nitrogens with zero attached hydrogens (tertiary/aromatic N) is 6. The van der Waals surface area contributed by atoms with Crippen LogP contribution in [0.3, 0.4) is 0 Å². The number of ether oxygens (including phenoxy) is 1. The van der Waals surface area contributed by atoms with Crippen molar-refractivity contribution in [1.82, 2.24) is 29.6 Å². The van der Waals surface area contributed by atoms with E-state index in [2.05, 4.69) is 24.9 Å². The molecular formula is C26H23N7O3. The third kappa shape index (κ3) is 4.01. The van der Waals surface area contributed by atoms with Crippen LogP contribution in [0.5, 0.6) is 5.75 Å². The molecule has 0 bridgehead atoms. The van der Waals surface area contributed by atoms with E-state index >= 15 is 0 Å². The number of carbonyl (C=O) groups is 2. The molecule has 1 amide bonds. The maximum Gasteiger partial charge on any atom is 0.295 e. The van der Waals surface area contributed by atoms with Gasteiger partial charge in [0.25, 0.3) is 11.7 Å². The number of piperidine rings is 1. The number of H-pyrrole nitrogens is 1. The lowest BCUT2D eigenvalue weighted by Gasteiger charge is -2.28. The van der Waals surface area contributed by atoms with Crippen molar-refractivity contribution in [1.29, 1.82) is 0 Å². The first-order chi connectivity index (χ1) is 23.3. The molecule has 10 nitrogen and oxygen atoms in total. The fourth-order valence-electron chi connectivity index (χ4n) is 3.43. The molecule has 1 fully saturated rings. The standard InChI is InChI=1S/C26H23N7O3/c1-16-30-15-33(31-16)25-23-21(20(36-3)14-29-25)19(13-28-23)24(34)26(35)32-11-9-18(10-12-32)22(27-2)17-7-5-4-6-8-17/h4-8,13-15,28H,9-12H2,1,3H3/i1D3,3D3,9D2,10D2,11D2,12D2,15D. The smallest absolute Gasteiger partial charge is 0.295 e.